The summed E-state index contributed by atoms with van der Waals surface area (Å²) < 4.78 is 0. The van der Waals surface area contributed by atoms with Crippen molar-refractivity contribution in [3.05, 3.63) is 22.2 Å². The third-order valence-electron chi connectivity index (χ3n) is 2.65. The maximum Gasteiger partial charge on any atom is 0.311 e. The highest BCUT2D eigenvalue weighted by Crippen LogP contribution is 2.25. The van der Waals surface area contributed by atoms with Crippen LogP contribution in [0.15, 0.2) is 12.1 Å². The van der Waals surface area contributed by atoms with Gasteiger partial charge >= 0.3 is 5.69 Å². The Balaban J connectivity index is 3.04. The predicted octanol–water partition coefficient (Wildman–Crippen LogP) is 2.63. The van der Waals surface area contributed by atoms with Crippen LogP contribution in [0.25, 0.3) is 0 Å². The molecule has 1 heterocycles. The highest BCUT2D eigenvalue weighted by molar-refractivity contribution is 5.60. The van der Waals surface area contributed by atoms with Gasteiger partial charge in [0.2, 0.25) is 5.82 Å². The summed E-state index contributed by atoms with van der Waals surface area (Å²) in [5, 5.41) is 16.9. The van der Waals surface area contributed by atoms with E-state index in [4.69, 9.17) is 0 Å². The van der Waals surface area contributed by atoms with E-state index < -0.39 is 4.92 Å². The van der Waals surface area contributed by atoms with Crippen LogP contribution in [0, 0.1) is 10.1 Å². The fourth-order valence-corrected chi connectivity index (χ4v) is 1.53. The van der Waals surface area contributed by atoms with Gasteiger partial charge in [-0.25, -0.2) is 4.98 Å². The number of nitro groups is 1. The van der Waals surface area contributed by atoms with Gasteiger partial charge in [0.15, 0.2) is 0 Å². The molecule has 0 unspecified atom stereocenters. The van der Waals surface area contributed by atoms with E-state index in [9.17, 15) is 10.1 Å². The van der Waals surface area contributed by atoms with Crippen LogP contribution in [0.2, 0.25) is 0 Å². The minimum absolute atomic E-state index is 0.0101. The van der Waals surface area contributed by atoms with Gasteiger partial charge in [0, 0.05) is 19.2 Å². The van der Waals surface area contributed by atoms with Gasteiger partial charge in [0.05, 0.1) is 4.92 Å². The van der Waals surface area contributed by atoms with Gasteiger partial charge in [-0.15, -0.1) is 0 Å². The summed E-state index contributed by atoms with van der Waals surface area (Å²) in [7, 11) is 1.73. The zero-order valence-electron chi connectivity index (χ0n) is 10.4. The van der Waals surface area contributed by atoms with Crippen LogP contribution in [0.4, 0.5) is 17.3 Å². The zero-order valence-corrected chi connectivity index (χ0v) is 10.4. The lowest BCUT2D eigenvalue weighted by molar-refractivity contribution is -0.384. The molecule has 0 bridgehead atoms. The van der Waals surface area contributed by atoms with Gasteiger partial charge in [0.1, 0.15) is 5.82 Å². The fourth-order valence-electron chi connectivity index (χ4n) is 1.53. The molecule has 0 aliphatic carbocycles. The van der Waals surface area contributed by atoms with E-state index >= 15 is 0 Å². The number of hydrogen-bond acceptors (Lipinski definition) is 5. The largest absolute Gasteiger partial charge is 0.373 e. The van der Waals surface area contributed by atoms with Crippen molar-refractivity contribution < 1.29 is 4.92 Å². The number of nitrogens with zero attached hydrogens (tertiary/aromatic N) is 2. The van der Waals surface area contributed by atoms with Crippen molar-refractivity contribution in [1.29, 1.82) is 0 Å². The normalized spacial score (nSPS) is 10.4. The Kier molecular flexibility index (Phi) is 4.68. The SMILES string of the molecule is CCC(CC)Nc1nc(NC)ccc1[N+](=O)[O-]. The van der Waals surface area contributed by atoms with Crippen molar-refractivity contribution >= 4 is 17.3 Å². The molecule has 0 atom stereocenters. The third kappa shape index (κ3) is 3.30. The van der Waals surface area contributed by atoms with E-state index in [1.165, 1.54) is 6.07 Å². The van der Waals surface area contributed by atoms with Crippen molar-refractivity contribution in [1.82, 2.24) is 4.98 Å². The summed E-state index contributed by atoms with van der Waals surface area (Å²) in [4.78, 5) is 14.6. The number of anilines is 2. The molecule has 1 rings (SSSR count). The maximum absolute atomic E-state index is 10.9. The number of rotatable bonds is 6. The molecule has 1 aromatic heterocycles. The summed E-state index contributed by atoms with van der Waals surface area (Å²) in [5.41, 5.74) is 0.0101. The van der Waals surface area contributed by atoms with Crippen LogP contribution in [-0.4, -0.2) is 23.0 Å². The smallest absolute Gasteiger partial charge is 0.311 e. The van der Waals surface area contributed by atoms with Crippen molar-refractivity contribution in [2.75, 3.05) is 17.7 Å². The number of pyridine rings is 1. The van der Waals surface area contributed by atoms with Crippen LogP contribution in [0.1, 0.15) is 26.7 Å². The topological polar surface area (TPSA) is 80.1 Å². The summed E-state index contributed by atoms with van der Waals surface area (Å²) >= 11 is 0. The molecule has 0 saturated heterocycles. The highest BCUT2D eigenvalue weighted by atomic mass is 16.6. The average Bonchev–Trinajstić information content (AvgIpc) is 2.35. The second-order valence-corrected chi connectivity index (χ2v) is 3.73. The van der Waals surface area contributed by atoms with E-state index in [1.54, 1.807) is 13.1 Å². The summed E-state index contributed by atoms with van der Waals surface area (Å²) in [5.74, 6) is 0.944. The zero-order chi connectivity index (χ0) is 12.8. The Bertz CT molecular complexity index is 391. The van der Waals surface area contributed by atoms with Crippen LogP contribution < -0.4 is 10.6 Å². The van der Waals surface area contributed by atoms with Crippen molar-refractivity contribution in [3.63, 3.8) is 0 Å². The molecule has 0 aliphatic rings. The van der Waals surface area contributed by atoms with Crippen LogP contribution in [-0.2, 0) is 0 Å². The predicted molar refractivity (Wildman–Crippen MR) is 68.4 cm³/mol. The lowest BCUT2D eigenvalue weighted by atomic mass is 10.2. The standard InChI is InChI=1S/C11H18N4O2/c1-4-8(5-2)13-11-9(15(16)17)6-7-10(12-3)14-11/h6-8H,4-5H2,1-3H3,(H2,12,13,14). The summed E-state index contributed by atoms with van der Waals surface area (Å²) in [6, 6.07) is 3.26. The molecule has 0 amide bonds. The molecule has 0 spiro atoms. The minimum atomic E-state index is -0.419. The molecule has 0 fully saturated rings. The van der Waals surface area contributed by atoms with E-state index in [2.05, 4.69) is 15.6 Å². The Hall–Kier alpha value is -1.85. The maximum atomic E-state index is 10.9. The van der Waals surface area contributed by atoms with E-state index in [0.717, 1.165) is 12.8 Å². The molecular weight excluding hydrogens is 220 g/mol. The molecule has 17 heavy (non-hydrogen) atoms. The highest BCUT2D eigenvalue weighted by Gasteiger charge is 2.17. The molecule has 0 aliphatic heterocycles. The number of nitrogens with one attached hydrogen (secondary N) is 2. The Morgan fingerprint density at radius 3 is 2.53 bits per heavy atom. The molecule has 2 N–H and O–H groups in total. The Morgan fingerprint density at radius 2 is 2.06 bits per heavy atom. The summed E-state index contributed by atoms with van der Waals surface area (Å²) in [6.07, 6.45) is 1.80. The molecule has 0 aromatic carbocycles. The third-order valence-corrected chi connectivity index (χ3v) is 2.65. The van der Waals surface area contributed by atoms with Crippen molar-refractivity contribution in [3.8, 4) is 0 Å². The number of aromatic nitrogens is 1. The van der Waals surface area contributed by atoms with Gasteiger partial charge < -0.3 is 10.6 Å². The molecule has 6 heteroatoms. The minimum Gasteiger partial charge on any atom is -0.373 e. The van der Waals surface area contributed by atoms with Crippen LogP contribution in [0.5, 0.6) is 0 Å². The molecule has 6 nitrogen and oxygen atoms in total. The van der Waals surface area contributed by atoms with Gasteiger partial charge in [0.25, 0.3) is 0 Å². The van der Waals surface area contributed by atoms with Crippen molar-refractivity contribution in [2.24, 2.45) is 0 Å². The lowest BCUT2D eigenvalue weighted by Crippen LogP contribution is -2.19. The fraction of sp³-hybridized carbons (Fsp3) is 0.545. The van der Waals surface area contributed by atoms with Crippen LogP contribution in [0.3, 0.4) is 0 Å². The molecule has 94 valence electrons. The summed E-state index contributed by atoms with van der Waals surface area (Å²) in [6.45, 7) is 4.07. The second-order valence-electron chi connectivity index (χ2n) is 3.73. The first kappa shape index (κ1) is 13.2. The molecule has 0 radical (unpaired) electrons. The van der Waals surface area contributed by atoms with Gasteiger partial charge in [-0.1, -0.05) is 13.8 Å². The lowest BCUT2D eigenvalue weighted by Gasteiger charge is -2.15. The van der Waals surface area contributed by atoms with Gasteiger partial charge in [-0.3, -0.25) is 10.1 Å². The van der Waals surface area contributed by atoms with Crippen LogP contribution >= 0.6 is 0 Å². The first-order valence-corrected chi connectivity index (χ1v) is 5.72. The van der Waals surface area contributed by atoms with Gasteiger partial charge in [-0.05, 0) is 18.9 Å². The van der Waals surface area contributed by atoms with E-state index in [1.807, 2.05) is 13.8 Å². The first-order valence-electron chi connectivity index (χ1n) is 5.72. The average molecular weight is 238 g/mol. The van der Waals surface area contributed by atoms with Crippen molar-refractivity contribution in [2.45, 2.75) is 32.7 Å². The second kappa shape index (κ2) is 6.03. The molecule has 0 saturated carbocycles. The molecule has 1 aromatic rings. The Labute approximate surface area is 101 Å². The molecular formula is C11H18N4O2. The monoisotopic (exact) mass is 238 g/mol. The van der Waals surface area contributed by atoms with E-state index in [0.29, 0.717) is 11.6 Å². The Morgan fingerprint density at radius 1 is 1.41 bits per heavy atom. The number of hydrogen-bond donors (Lipinski definition) is 2. The van der Waals surface area contributed by atoms with Gasteiger partial charge in [-0.2, -0.15) is 0 Å². The van der Waals surface area contributed by atoms with E-state index in [-0.39, 0.29) is 11.7 Å². The quantitative estimate of drug-likeness (QED) is 0.588. The first-order chi connectivity index (χ1) is 8.12.